The molecule has 46 heavy (non-hydrogen) atoms. The number of fused-ring (bicyclic) bond motifs is 3. The molecule has 1 aliphatic carbocycles. The van der Waals surface area contributed by atoms with Crippen LogP contribution in [0.15, 0.2) is 170 Å². The molecule has 0 spiro atoms. The number of rotatable bonds is 5. The second-order valence-electron chi connectivity index (χ2n) is 11.8. The standard InChI is InChI=1S/C44H28N2/c1-3-10-29(11-4-1)30-18-22-32(23-19-30)41-28-42(46-44(45-41)34-12-5-2-6-13-34)33-24-20-31(21-25-33)36-26-35-14-9-17-39-37-15-7-8-16-38(37)40(27-36)43(35)39/h1-28H. The molecule has 214 valence electrons. The van der Waals surface area contributed by atoms with E-state index >= 15 is 0 Å². The highest BCUT2D eigenvalue weighted by atomic mass is 14.9. The number of hydrogen-bond donors (Lipinski definition) is 0. The summed E-state index contributed by atoms with van der Waals surface area (Å²) in [4.78, 5) is 10.1. The van der Waals surface area contributed by atoms with Crippen molar-refractivity contribution in [3.8, 4) is 78.4 Å². The first-order valence-electron chi connectivity index (χ1n) is 15.7. The van der Waals surface area contributed by atoms with E-state index < -0.39 is 0 Å². The van der Waals surface area contributed by atoms with Crippen molar-refractivity contribution in [3.63, 3.8) is 0 Å². The second kappa shape index (κ2) is 10.8. The molecular formula is C44H28N2. The van der Waals surface area contributed by atoms with Gasteiger partial charge in [0.1, 0.15) is 0 Å². The van der Waals surface area contributed by atoms with Crippen molar-refractivity contribution in [1.29, 1.82) is 0 Å². The SMILES string of the molecule is c1ccc(-c2ccc(-c3cc(-c4ccc(-c5cc6c7c(cccc7c5)-c5ccccc5-6)cc4)nc(-c4ccccc4)n3)cc2)cc1. The Morgan fingerprint density at radius 3 is 1.39 bits per heavy atom. The minimum absolute atomic E-state index is 0.719. The zero-order valence-corrected chi connectivity index (χ0v) is 25.1. The van der Waals surface area contributed by atoms with E-state index in [2.05, 4.69) is 146 Å². The van der Waals surface area contributed by atoms with Gasteiger partial charge in [0.05, 0.1) is 11.4 Å². The van der Waals surface area contributed by atoms with Gasteiger partial charge in [-0.15, -0.1) is 0 Å². The normalized spacial score (nSPS) is 11.5. The molecule has 2 heteroatoms. The van der Waals surface area contributed by atoms with E-state index in [0.717, 1.165) is 33.9 Å². The fourth-order valence-corrected chi connectivity index (χ4v) is 6.74. The van der Waals surface area contributed by atoms with Crippen LogP contribution in [0.5, 0.6) is 0 Å². The highest BCUT2D eigenvalue weighted by Crippen LogP contribution is 2.48. The first-order chi connectivity index (χ1) is 22.8. The fourth-order valence-electron chi connectivity index (χ4n) is 6.74. The molecule has 1 aliphatic rings. The summed E-state index contributed by atoms with van der Waals surface area (Å²) >= 11 is 0. The number of benzene rings is 7. The molecule has 7 aromatic carbocycles. The summed E-state index contributed by atoms with van der Waals surface area (Å²) in [5.74, 6) is 0.719. The Kier molecular flexibility index (Phi) is 6.17. The van der Waals surface area contributed by atoms with Gasteiger partial charge in [0.15, 0.2) is 5.82 Å². The quantitative estimate of drug-likeness (QED) is 0.201. The number of nitrogens with zero attached hydrogens (tertiary/aromatic N) is 2. The lowest BCUT2D eigenvalue weighted by Gasteiger charge is -2.11. The van der Waals surface area contributed by atoms with Gasteiger partial charge in [0.2, 0.25) is 0 Å². The summed E-state index contributed by atoms with van der Waals surface area (Å²) in [6, 6.07) is 60.3. The number of aromatic nitrogens is 2. The van der Waals surface area contributed by atoms with Gasteiger partial charge < -0.3 is 0 Å². The second-order valence-corrected chi connectivity index (χ2v) is 11.8. The Bertz CT molecular complexity index is 2370. The third-order valence-corrected chi connectivity index (χ3v) is 9.04. The van der Waals surface area contributed by atoms with Gasteiger partial charge in [-0.1, -0.05) is 152 Å². The molecule has 0 amide bonds. The third kappa shape index (κ3) is 4.51. The number of hydrogen-bond acceptors (Lipinski definition) is 2. The summed E-state index contributed by atoms with van der Waals surface area (Å²) < 4.78 is 0. The molecule has 2 nitrogen and oxygen atoms in total. The molecule has 1 heterocycles. The fraction of sp³-hybridized carbons (Fsp3) is 0. The molecule has 0 radical (unpaired) electrons. The zero-order valence-electron chi connectivity index (χ0n) is 25.1. The Hall–Kier alpha value is -6.12. The zero-order chi connectivity index (χ0) is 30.5. The molecule has 0 saturated carbocycles. The van der Waals surface area contributed by atoms with Gasteiger partial charge in [-0.2, -0.15) is 0 Å². The minimum Gasteiger partial charge on any atom is -0.228 e. The van der Waals surface area contributed by atoms with Crippen molar-refractivity contribution < 1.29 is 0 Å². The lowest BCUT2D eigenvalue weighted by molar-refractivity contribution is 1.18. The summed E-state index contributed by atoms with van der Waals surface area (Å²) in [7, 11) is 0. The lowest BCUT2D eigenvalue weighted by atomic mass is 9.95. The van der Waals surface area contributed by atoms with E-state index in [-0.39, 0.29) is 0 Å². The molecule has 0 bridgehead atoms. The largest absolute Gasteiger partial charge is 0.228 e. The van der Waals surface area contributed by atoms with Crippen molar-refractivity contribution in [3.05, 3.63) is 170 Å². The van der Waals surface area contributed by atoms with E-state index in [0.29, 0.717) is 0 Å². The van der Waals surface area contributed by atoms with Crippen LogP contribution < -0.4 is 0 Å². The summed E-state index contributed by atoms with van der Waals surface area (Å²) in [6.07, 6.45) is 0. The van der Waals surface area contributed by atoms with E-state index in [1.54, 1.807) is 0 Å². The molecule has 0 N–H and O–H groups in total. The van der Waals surface area contributed by atoms with Crippen LogP contribution in [-0.4, -0.2) is 9.97 Å². The highest BCUT2D eigenvalue weighted by Gasteiger charge is 2.21. The van der Waals surface area contributed by atoms with Gasteiger partial charge >= 0.3 is 0 Å². The van der Waals surface area contributed by atoms with Crippen LogP contribution in [0.3, 0.4) is 0 Å². The van der Waals surface area contributed by atoms with Crippen LogP contribution >= 0.6 is 0 Å². The van der Waals surface area contributed by atoms with E-state index in [4.69, 9.17) is 9.97 Å². The molecule has 9 rings (SSSR count). The summed E-state index contributed by atoms with van der Waals surface area (Å²) in [5.41, 5.74) is 15.0. The summed E-state index contributed by atoms with van der Waals surface area (Å²) in [6.45, 7) is 0. The first-order valence-corrected chi connectivity index (χ1v) is 15.7. The molecular weight excluding hydrogens is 556 g/mol. The predicted octanol–water partition coefficient (Wildman–Crippen LogP) is 11.6. The average Bonchev–Trinajstić information content (AvgIpc) is 3.47. The van der Waals surface area contributed by atoms with Gasteiger partial charge in [-0.25, -0.2) is 9.97 Å². The smallest absolute Gasteiger partial charge is 0.160 e. The van der Waals surface area contributed by atoms with Crippen LogP contribution in [0, 0.1) is 0 Å². The molecule has 0 unspecified atom stereocenters. The van der Waals surface area contributed by atoms with Crippen molar-refractivity contribution in [2.45, 2.75) is 0 Å². The van der Waals surface area contributed by atoms with E-state index in [1.165, 1.54) is 55.3 Å². The molecule has 8 aromatic rings. The Morgan fingerprint density at radius 1 is 0.283 bits per heavy atom. The Morgan fingerprint density at radius 2 is 0.761 bits per heavy atom. The van der Waals surface area contributed by atoms with E-state index in [1.807, 2.05) is 24.3 Å². The molecule has 1 aromatic heterocycles. The van der Waals surface area contributed by atoms with Gasteiger partial charge in [0, 0.05) is 16.7 Å². The van der Waals surface area contributed by atoms with Crippen molar-refractivity contribution in [1.82, 2.24) is 9.97 Å². The topological polar surface area (TPSA) is 25.8 Å². The van der Waals surface area contributed by atoms with Gasteiger partial charge in [-0.3, -0.25) is 0 Å². The van der Waals surface area contributed by atoms with Crippen LogP contribution in [0.25, 0.3) is 89.2 Å². The Labute approximate surface area is 268 Å². The average molecular weight is 585 g/mol. The maximum absolute atomic E-state index is 5.06. The maximum Gasteiger partial charge on any atom is 0.160 e. The molecule has 0 atom stereocenters. The maximum atomic E-state index is 5.06. The van der Waals surface area contributed by atoms with Crippen LogP contribution in [-0.2, 0) is 0 Å². The van der Waals surface area contributed by atoms with Crippen LogP contribution in [0.1, 0.15) is 0 Å². The molecule has 0 aliphatic heterocycles. The monoisotopic (exact) mass is 584 g/mol. The van der Waals surface area contributed by atoms with Crippen molar-refractivity contribution in [2.24, 2.45) is 0 Å². The first kappa shape index (κ1) is 26.3. The minimum atomic E-state index is 0.719. The van der Waals surface area contributed by atoms with E-state index in [9.17, 15) is 0 Å². The van der Waals surface area contributed by atoms with Crippen LogP contribution in [0.4, 0.5) is 0 Å². The van der Waals surface area contributed by atoms with Gasteiger partial charge in [0.25, 0.3) is 0 Å². The summed E-state index contributed by atoms with van der Waals surface area (Å²) in [5, 5.41) is 2.62. The van der Waals surface area contributed by atoms with Crippen molar-refractivity contribution in [2.75, 3.05) is 0 Å². The highest BCUT2D eigenvalue weighted by molar-refractivity contribution is 6.16. The van der Waals surface area contributed by atoms with Gasteiger partial charge in [-0.05, 0) is 73.5 Å². The van der Waals surface area contributed by atoms with Crippen molar-refractivity contribution >= 4 is 10.8 Å². The molecule has 0 fully saturated rings. The lowest BCUT2D eigenvalue weighted by Crippen LogP contribution is -1.96. The Balaban J connectivity index is 1.11. The molecule has 0 saturated heterocycles. The third-order valence-electron chi connectivity index (χ3n) is 9.04. The predicted molar refractivity (Wildman–Crippen MR) is 191 cm³/mol. The van der Waals surface area contributed by atoms with Crippen LogP contribution in [0.2, 0.25) is 0 Å².